The predicted molar refractivity (Wildman–Crippen MR) is 68.0 cm³/mol. The van der Waals surface area contributed by atoms with Crippen molar-refractivity contribution in [3.63, 3.8) is 0 Å². The van der Waals surface area contributed by atoms with Crippen LogP contribution in [0.2, 0.25) is 0 Å². The van der Waals surface area contributed by atoms with Gasteiger partial charge < -0.3 is 15.0 Å². The van der Waals surface area contributed by atoms with E-state index in [0.717, 1.165) is 5.75 Å². The minimum atomic E-state index is -1.17. The molecule has 6 nitrogen and oxygen atoms in total. The van der Waals surface area contributed by atoms with Crippen LogP contribution in [0.3, 0.4) is 0 Å². The average molecular weight is 269 g/mol. The van der Waals surface area contributed by atoms with Crippen molar-refractivity contribution in [2.45, 2.75) is 18.6 Å². The van der Waals surface area contributed by atoms with E-state index >= 15 is 0 Å². The third-order valence-corrected chi connectivity index (χ3v) is 4.07. The summed E-state index contributed by atoms with van der Waals surface area (Å²) in [5, 5.41) is 8.96. The van der Waals surface area contributed by atoms with Crippen LogP contribution < -0.4 is 0 Å². The third kappa shape index (κ3) is 2.50. The summed E-state index contributed by atoms with van der Waals surface area (Å²) in [6.07, 6.45) is 1.24. The molecular formula is C11H15N3O3S. The van der Waals surface area contributed by atoms with Gasteiger partial charge in [0.2, 0.25) is 0 Å². The Morgan fingerprint density at radius 3 is 2.89 bits per heavy atom. The van der Waals surface area contributed by atoms with Gasteiger partial charge in [0.25, 0.3) is 5.91 Å². The Balaban J connectivity index is 2.21. The quantitative estimate of drug-likeness (QED) is 0.839. The van der Waals surface area contributed by atoms with Crippen molar-refractivity contribution < 1.29 is 14.7 Å². The maximum absolute atomic E-state index is 12.2. The first-order valence-electron chi connectivity index (χ1n) is 5.60. The van der Waals surface area contributed by atoms with Gasteiger partial charge in [-0.25, -0.2) is 9.78 Å². The summed E-state index contributed by atoms with van der Waals surface area (Å²) >= 11 is 1.81. The van der Waals surface area contributed by atoms with Gasteiger partial charge >= 0.3 is 5.97 Å². The molecule has 0 bridgehead atoms. The Morgan fingerprint density at radius 1 is 1.56 bits per heavy atom. The predicted octanol–water partition coefficient (Wildman–Crippen LogP) is 1.08. The molecule has 0 radical (unpaired) electrons. The molecule has 1 amide bonds. The number of nitrogens with zero attached hydrogens (tertiary/aromatic N) is 2. The molecule has 18 heavy (non-hydrogen) atoms. The zero-order chi connectivity index (χ0) is 13.3. The number of H-pyrrole nitrogens is 1. The Labute approximate surface area is 109 Å². The first-order chi connectivity index (χ1) is 8.41. The van der Waals surface area contributed by atoms with Gasteiger partial charge in [-0.05, 0) is 13.8 Å². The standard InChI is InChI=1S/C11H15N3O3S/c1-11(2)5-14(3-4-18-11)9(15)7-8(10(16)17)13-6-12-7/h6H,3-5H2,1-2H3,(H,12,13)(H,16,17). The van der Waals surface area contributed by atoms with E-state index < -0.39 is 5.97 Å². The summed E-state index contributed by atoms with van der Waals surface area (Å²) in [5.41, 5.74) is -0.152. The van der Waals surface area contributed by atoms with E-state index in [-0.39, 0.29) is 22.0 Å². The van der Waals surface area contributed by atoms with Crippen molar-refractivity contribution in [3.8, 4) is 0 Å². The summed E-state index contributed by atoms with van der Waals surface area (Å²) in [5.74, 6) is -0.630. The van der Waals surface area contributed by atoms with Crippen molar-refractivity contribution in [1.82, 2.24) is 14.9 Å². The van der Waals surface area contributed by atoms with Gasteiger partial charge in [0.05, 0.1) is 6.33 Å². The number of carbonyl (C=O) groups excluding carboxylic acids is 1. The van der Waals surface area contributed by atoms with E-state index in [0.29, 0.717) is 13.1 Å². The average Bonchev–Trinajstić information content (AvgIpc) is 2.75. The van der Waals surface area contributed by atoms with Crippen LogP contribution >= 0.6 is 11.8 Å². The topological polar surface area (TPSA) is 86.3 Å². The van der Waals surface area contributed by atoms with Gasteiger partial charge in [0.15, 0.2) is 11.4 Å². The molecule has 2 rings (SSSR count). The monoisotopic (exact) mass is 269 g/mol. The Hall–Kier alpha value is -1.50. The highest BCUT2D eigenvalue weighted by Crippen LogP contribution is 2.30. The summed E-state index contributed by atoms with van der Waals surface area (Å²) < 4.78 is -0.00635. The van der Waals surface area contributed by atoms with Crippen LogP contribution in [0.4, 0.5) is 0 Å². The lowest BCUT2D eigenvalue weighted by Gasteiger charge is -2.37. The number of carboxylic acids is 1. The second kappa shape index (κ2) is 4.64. The molecule has 0 aliphatic carbocycles. The zero-order valence-corrected chi connectivity index (χ0v) is 11.1. The molecule has 7 heteroatoms. The van der Waals surface area contributed by atoms with Crippen LogP contribution in [-0.4, -0.2) is 55.4 Å². The Bertz CT molecular complexity index is 484. The highest BCUT2D eigenvalue weighted by Gasteiger charge is 2.32. The highest BCUT2D eigenvalue weighted by molar-refractivity contribution is 8.00. The van der Waals surface area contributed by atoms with E-state index in [1.807, 2.05) is 11.8 Å². The number of aromatic amines is 1. The number of aromatic nitrogens is 2. The van der Waals surface area contributed by atoms with Crippen molar-refractivity contribution in [2.24, 2.45) is 0 Å². The Morgan fingerprint density at radius 2 is 2.28 bits per heavy atom. The first kappa shape index (κ1) is 12.9. The number of imidazole rings is 1. The van der Waals surface area contributed by atoms with Crippen LogP contribution in [0.15, 0.2) is 6.33 Å². The molecule has 0 unspecified atom stereocenters. The highest BCUT2D eigenvalue weighted by atomic mass is 32.2. The van der Waals surface area contributed by atoms with E-state index in [2.05, 4.69) is 23.8 Å². The minimum absolute atomic E-state index is 0.00635. The van der Waals surface area contributed by atoms with Gasteiger partial charge in [-0.15, -0.1) is 0 Å². The van der Waals surface area contributed by atoms with Gasteiger partial charge in [0, 0.05) is 23.6 Å². The van der Waals surface area contributed by atoms with Crippen molar-refractivity contribution >= 4 is 23.6 Å². The fourth-order valence-corrected chi connectivity index (χ4v) is 3.07. The minimum Gasteiger partial charge on any atom is -0.477 e. The van der Waals surface area contributed by atoms with Gasteiger partial charge in [-0.2, -0.15) is 11.8 Å². The molecule has 1 aliphatic heterocycles. The Kier molecular flexibility index (Phi) is 3.34. The lowest BCUT2D eigenvalue weighted by molar-refractivity contribution is 0.0667. The fourth-order valence-electron chi connectivity index (χ4n) is 1.96. The smallest absolute Gasteiger partial charge is 0.354 e. The summed E-state index contributed by atoms with van der Waals surface area (Å²) in [4.78, 5) is 31.2. The van der Waals surface area contributed by atoms with E-state index in [9.17, 15) is 9.59 Å². The molecule has 1 aromatic rings. The maximum atomic E-state index is 12.2. The number of hydrogen-bond acceptors (Lipinski definition) is 4. The molecule has 1 saturated heterocycles. The molecule has 0 spiro atoms. The van der Waals surface area contributed by atoms with Crippen molar-refractivity contribution in [3.05, 3.63) is 17.7 Å². The van der Waals surface area contributed by atoms with Crippen molar-refractivity contribution in [2.75, 3.05) is 18.8 Å². The largest absolute Gasteiger partial charge is 0.477 e. The molecule has 0 saturated carbocycles. The van der Waals surface area contributed by atoms with Crippen LogP contribution in [0.25, 0.3) is 0 Å². The fraction of sp³-hybridized carbons (Fsp3) is 0.545. The molecule has 2 heterocycles. The molecule has 2 N–H and O–H groups in total. The van der Waals surface area contributed by atoms with Crippen LogP contribution in [-0.2, 0) is 0 Å². The van der Waals surface area contributed by atoms with Crippen LogP contribution in [0.1, 0.15) is 34.8 Å². The van der Waals surface area contributed by atoms with Gasteiger partial charge in [0.1, 0.15) is 0 Å². The number of nitrogens with one attached hydrogen (secondary N) is 1. The lowest BCUT2D eigenvalue weighted by Crippen LogP contribution is -2.46. The number of thioether (sulfide) groups is 1. The molecule has 98 valence electrons. The number of carbonyl (C=O) groups is 2. The number of amides is 1. The summed E-state index contributed by atoms with van der Waals surface area (Å²) in [6.45, 7) is 5.36. The van der Waals surface area contributed by atoms with E-state index in [1.165, 1.54) is 6.33 Å². The van der Waals surface area contributed by atoms with E-state index in [4.69, 9.17) is 5.11 Å². The molecule has 1 aromatic heterocycles. The SMILES string of the molecule is CC1(C)CN(C(=O)c2nc[nH]c2C(=O)O)CCS1. The molecule has 0 atom stereocenters. The number of rotatable bonds is 2. The molecular weight excluding hydrogens is 254 g/mol. The number of hydrogen-bond donors (Lipinski definition) is 2. The van der Waals surface area contributed by atoms with Gasteiger partial charge in [-0.1, -0.05) is 0 Å². The lowest BCUT2D eigenvalue weighted by atomic mass is 10.1. The summed E-state index contributed by atoms with van der Waals surface area (Å²) in [7, 11) is 0. The molecule has 0 aromatic carbocycles. The second-order valence-corrected chi connectivity index (χ2v) is 6.57. The number of aromatic carboxylic acids is 1. The van der Waals surface area contributed by atoms with E-state index in [1.54, 1.807) is 4.90 Å². The third-order valence-electron chi connectivity index (χ3n) is 2.77. The maximum Gasteiger partial charge on any atom is 0.354 e. The number of carboxylic acid groups (broad SMARTS) is 1. The van der Waals surface area contributed by atoms with Gasteiger partial charge in [-0.3, -0.25) is 4.79 Å². The van der Waals surface area contributed by atoms with Crippen LogP contribution in [0, 0.1) is 0 Å². The van der Waals surface area contributed by atoms with Crippen LogP contribution in [0.5, 0.6) is 0 Å². The first-order valence-corrected chi connectivity index (χ1v) is 6.59. The van der Waals surface area contributed by atoms with Crippen molar-refractivity contribution in [1.29, 1.82) is 0 Å². The molecule has 1 aliphatic rings. The normalized spacial score (nSPS) is 18.7. The molecule has 1 fully saturated rings. The zero-order valence-electron chi connectivity index (χ0n) is 10.3. The summed E-state index contributed by atoms with van der Waals surface area (Å²) in [6, 6.07) is 0. The second-order valence-electron chi connectivity index (χ2n) is 4.77.